The summed E-state index contributed by atoms with van der Waals surface area (Å²) in [5, 5.41) is 12.0. The maximum absolute atomic E-state index is 10.9. The van der Waals surface area contributed by atoms with Crippen LogP contribution in [0.15, 0.2) is 0 Å². The van der Waals surface area contributed by atoms with E-state index in [2.05, 4.69) is 12.2 Å². The van der Waals surface area contributed by atoms with Crippen LogP contribution in [-0.4, -0.2) is 24.2 Å². The number of rotatable bonds is 8. The first kappa shape index (κ1) is 13.4. The van der Waals surface area contributed by atoms with E-state index in [1.807, 2.05) is 0 Å². The molecule has 0 aromatic rings. The molecule has 0 spiro atoms. The molecule has 0 aliphatic heterocycles. The zero-order valence-electron chi connectivity index (χ0n) is 9.38. The van der Waals surface area contributed by atoms with Gasteiger partial charge in [-0.25, -0.2) is 0 Å². The fraction of sp³-hybridized carbons (Fsp3) is 0.909. The standard InChI is InChI=1S/C11H23NO2/c1-3-4-5-6-7-8-10(13)9-11(14)12-2/h10,13H,3-9H2,1-2H3,(H,12,14). The number of unbranched alkanes of at least 4 members (excludes halogenated alkanes) is 4. The molecule has 1 amide bonds. The van der Waals surface area contributed by atoms with Crippen molar-refractivity contribution in [3.63, 3.8) is 0 Å². The number of carbonyl (C=O) groups excluding carboxylic acids is 1. The number of hydrogen-bond donors (Lipinski definition) is 2. The largest absolute Gasteiger partial charge is 0.393 e. The van der Waals surface area contributed by atoms with Gasteiger partial charge in [0.25, 0.3) is 0 Å². The Morgan fingerprint density at radius 1 is 1.29 bits per heavy atom. The van der Waals surface area contributed by atoms with E-state index in [1.54, 1.807) is 7.05 Å². The van der Waals surface area contributed by atoms with Gasteiger partial charge in [-0.3, -0.25) is 4.79 Å². The molecule has 0 aliphatic carbocycles. The Morgan fingerprint density at radius 2 is 1.93 bits per heavy atom. The molecule has 1 atom stereocenters. The molecule has 3 nitrogen and oxygen atoms in total. The van der Waals surface area contributed by atoms with Crippen molar-refractivity contribution in [1.29, 1.82) is 0 Å². The molecule has 0 fully saturated rings. The summed E-state index contributed by atoms with van der Waals surface area (Å²) in [4.78, 5) is 10.9. The first-order valence-electron chi connectivity index (χ1n) is 5.59. The predicted molar refractivity (Wildman–Crippen MR) is 58.1 cm³/mol. The van der Waals surface area contributed by atoms with Crippen molar-refractivity contribution in [2.24, 2.45) is 0 Å². The zero-order valence-corrected chi connectivity index (χ0v) is 9.38. The second-order valence-corrected chi connectivity index (χ2v) is 3.73. The fourth-order valence-electron chi connectivity index (χ4n) is 1.40. The molecular weight excluding hydrogens is 178 g/mol. The van der Waals surface area contributed by atoms with E-state index in [1.165, 1.54) is 25.7 Å². The Bertz CT molecular complexity index is 148. The lowest BCUT2D eigenvalue weighted by Gasteiger charge is -2.08. The van der Waals surface area contributed by atoms with E-state index in [-0.39, 0.29) is 12.3 Å². The number of aliphatic hydroxyl groups is 1. The lowest BCUT2D eigenvalue weighted by Crippen LogP contribution is -2.23. The third-order valence-electron chi connectivity index (χ3n) is 2.34. The summed E-state index contributed by atoms with van der Waals surface area (Å²) < 4.78 is 0. The summed E-state index contributed by atoms with van der Waals surface area (Å²) in [7, 11) is 1.59. The van der Waals surface area contributed by atoms with Crippen molar-refractivity contribution in [3.05, 3.63) is 0 Å². The Balaban J connectivity index is 3.26. The summed E-state index contributed by atoms with van der Waals surface area (Å²) >= 11 is 0. The Labute approximate surface area is 86.9 Å². The van der Waals surface area contributed by atoms with E-state index in [0.717, 1.165) is 12.8 Å². The molecule has 2 N–H and O–H groups in total. The van der Waals surface area contributed by atoms with Crippen LogP contribution >= 0.6 is 0 Å². The Morgan fingerprint density at radius 3 is 2.50 bits per heavy atom. The van der Waals surface area contributed by atoms with Gasteiger partial charge in [-0.05, 0) is 6.42 Å². The number of aliphatic hydroxyl groups excluding tert-OH is 1. The predicted octanol–water partition coefficient (Wildman–Crippen LogP) is 1.84. The highest BCUT2D eigenvalue weighted by atomic mass is 16.3. The molecule has 3 heteroatoms. The van der Waals surface area contributed by atoms with Gasteiger partial charge in [0.2, 0.25) is 5.91 Å². The van der Waals surface area contributed by atoms with Gasteiger partial charge in [-0.15, -0.1) is 0 Å². The minimum atomic E-state index is -0.462. The van der Waals surface area contributed by atoms with Gasteiger partial charge in [0.1, 0.15) is 0 Å². The second kappa shape index (κ2) is 9.00. The van der Waals surface area contributed by atoms with Crippen LogP contribution in [0.1, 0.15) is 51.9 Å². The van der Waals surface area contributed by atoms with Crippen molar-refractivity contribution in [1.82, 2.24) is 5.32 Å². The Hall–Kier alpha value is -0.570. The van der Waals surface area contributed by atoms with E-state index < -0.39 is 6.10 Å². The average molecular weight is 201 g/mol. The molecule has 0 saturated heterocycles. The smallest absolute Gasteiger partial charge is 0.222 e. The van der Waals surface area contributed by atoms with Gasteiger partial charge in [0.05, 0.1) is 12.5 Å². The van der Waals surface area contributed by atoms with Gasteiger partial charge < -0.3 is 10.4 Å². The van der Waals surface area contributed by atoms with E-state index in [9.17, 15) is 9.90 Å². The van der Waals surface area contributed by atoms with E-state index >= 15 is 0 Å². The molecular formula is C11H23NO2. The SMILES string of the molecule is CCCCCCCC(O)CC(=O)NC. The highest BCUT2D eigenvalue weighted by molar-refractivity contribution is 5.75. The van der Waals surface area contributed by atoms with Gasteiger partial charge in [-0.1, -0.05) is 39.0 Å². The van der Waals surface area contributed by atoms with Crippen molar-refractivity contribution in [2.45, 2.75) is 58.0 Å². The van der Waals surface area contributed by atoms with Crippen LogP contribution in [0.5, 0.6) is 0 Å². The fourth-order valence-corrected chi connectivity index (χ4v) is 1.40. The molecule has 0 aliphatic rings. The third kappa shape index (κ3) is 8.05. The lowest BCUT2D eigenvalue weighted by atomic mass is 10.1. The number of hydrogen-bond acceptors (Lipinski definition) is 2. The average Bonchev–Trinajstić information content (AvgIpc) is 2.17. The summed E-state index contributed by atoms with van der Waals surface area (Å²) in [6, 6.07) is 0. The molecule has 14 heavy (non-hydrogen) atoms. The van der Waals surface area contributed by atoms with Crippen LogP contribution in [0.2, 0.25) is 0 Å². The Kier molecular flexibility index (Phi) is 8.64. The molecule has 0 saturated carbocycles. The molecule has 1 unspecified atom stereocenters. The number of amides is 1. The highest BCUT2D eigenvalue weighted by Crippen LogP contribution is 2.08. The molecule has 0 rings (SSSR count). The van der Waals surface area contributed by atoms with Crippen molar-refractivity contribution in [2.75, 3.05) is 7.05 Å². The first-order valence-corrected chi connectivity index (χ1v) is 5.59. The molecule has 0 aromatic carbocycles. The lowest BCUT2D eigenvalue weighted by molar-refractivity contribution is -0.122. The van der Waals surface area contributed by atoms with Gasteiger partial charge >= 0.3 is 0 Å². The molecule has 0 heterocycles. The van der Waals surface area contributed by atoms with Gasteiger partial charge in [-0.2, -0.15) is 0 Å². The first-order chi connectivity index (χ1) is 6.70. The van der Waals surface area contributed by atoms with Crippen molar-refractivity contribution in [3.8, 4) is 0 Å². The number of nitrogens with one attached hydrogen (secondary N) is 1. The number of carbonyl (C=O) groups is 1. The highest BCUT2D eigenvalue weighted by Gasteiger charge is 2.08. The summed E-state index contributed by atoms with van der Waals surface area (Å²) in [6.45, 7) is 2.18. The monoisotopic (exact) mass is 201 g/mol. The maximum atomic E-state index is 10.9. The molecule has 84 valence electrons. The quantitative estimate of drug-likeness (QED) is 0.589. The van der Waals surface area contributed by atoms with Crippen LogP contribution < -0.4 is 5.32 Å². The van der Waals surface area contributed by atoms with Crippen molar-refractivity contribution >= 4 is 5.91 Å². The normalized spacial score (nSPS) is 12.5. The topological polar surface area (TPSA) is 49.3 Å². The minimum Gasteiger partial charge on any atom is -0.393 e. The van der Waals surface area contributed by atoms with Crippen molar-refractivity contribution < 1.29 is 9.90 Å². The van der Waals surface area contributed by atoms with Crippen LogP contribution in [0, 0.1) is 0 Å². The minimum absolute atomic E-state index is 0.0777. The van der Waals surface area contributed by atoms with Crippen LogP contribution in [-0.2, 0) is 4.79 Å². The van der Waals surface area contributed by atoms with E-state index in [4.69, 9.17) is 0 Å². The molecule has 0 aromatic heterocycles. The molecule has 0 radical (unpaired) electrons. The third-order valence-corrected chi connectivity index (χ3v) is 2.34. The summed E-state index contributed by atoms with van der Waals surface area (Å²) in [5.74, 6) is -0.0777. The maximum Gasteiger partial charge on any atom is 0.222 e. The van der Waals surface area contributed by atoms with Crippen LogP contribution in [0.25, 0.3) is 0 Å². The van der Waals surface area contributed by atoms with E-state index in [0.29, 0.717) is 0 Å². The van der Waals surface area contributed by atoms with Crippen LogP contribution in [0.4, 0.5) is 0 Å². The summed E-state index contributed by atoms with van der Waals surface area (Å²) in [5.41, 5.74) is 0. The van der Waals surface area contributed by atoms with Gasteiger partial charge in [0.15, 0.2) is 0 Å². The zero-order chi connectivity index (χ0) is 10.8. The van der Waals surface area contributed by atoms with Crippen LogP contribution in [0.3, 0.4) is 0 Å². The summed E-state index contributed by atoms with van der Waals surface area (Å²) in [6.07, 6.45) is 6.46. The molecule has 0 bridgehead atoms. The second-order valence-electron chi connectivity index (χ2n) is 3.73. The van der Waals surface area contributed by atoms with Gasteiger partial charge in [0, 0.05) is 7.05 Å².